The number of para-hydroxylation sites is 1. The molecule has 0 spiro atoms. The van der Waals surface area contributed by atoms with E-state index >= 15 is 0 Å². The van der Waals surface area contributed by atoms with E-state index in [1.165, 1.54) is 4.90 Å². The van der Waals surface area contributed by atoms with Gasteiger partial charge in [0.05, 0.1) is 10.7 Å². The van der Waals surface area contributed by atoms with Crippen molar-refractivity contribution in [2.45, 2.75) is 20.0 Å². The highest BCUT2D eigenvalue weighted by Crippen LogP contribution is 2.35. The van der Waals surface area contributed by atoms with E-state index < -0.39 is 0 Å². The van der Waals surface area contributed by atoms with Crippen LogP contribution in [0.2, 0.25) is 10.0 Å². The van der Waals surface area contributed by atoms with Gasteiger partial charge in [-0.3, -0.25) is 4.79 Å². The number of nitrogens with two attached hydrogens (primary N) is 1. The number of nitrogens with zero attached hydrogens (tertiary/aromatic N) is 2. The molecule has 146 valence electrons. The molecular formula is C21H21Cl2N3O2. The summed E-state index contributed by atoms with van der Waals surface area (Å²) < 4.78 is 6.01. The van der Waals surface area contributed by atoms with Crippen LogP contribution in [0.3, 0.4) is 0 Å². The number of pyridine rings is 1. The van der Waals surface area contributed by atoms with Crippen LogP contribution in [0.5, 0.6) is 5.75 Å². The fourth-order valence-corrected chi connectivity index (χ4v) is 3.49. The fourth-order valence-electron chi connectivity index (χ4n) is 2.89. The first-order valence-corrected chi connectivity index (χ1v) is 9.60. The zero-order chi connectivity index (χ0) is 20.3. The standard InChI is InChI=1S/C21H21Cl2N3O2/c1-13-6-7-14-4-3-5-18(21(14)25-13)28-12-15-16(22)8-9-17(20(15)23)26(2)19(27)10-11-24/h3-9H,10-12,24H2,1-2H3. The summed E-state index contributed by atoms with van der Waals surface area (Å²) in [5.41, 5.74) is 8.34. The molecule has 0 aliphatic rings. The zero-order valence-electron chi connectivity index (χ0n) is 15.7. The van der Waals surface area contributed by atoms with E-state index in [1.54, 1.807) is 19.2 Å². The molecule has 3 aromatic rings. The Labute approximate surface area is 174 Å². The number of fused-ring (bicyclic) bond motifs is 1. The Morgan fingerprint density at radius 3 is 2.71 bits per heavy atom. The molecule has 7 heteroatoms. The maximum absolute atomic E-state index is 12.2. The molecule has 1 heterocycles. The van der Waals surface area contributed by atoms with Gasteiger partial charge in [-0.15, -0.1) is 0 Å². The number of ether oxygens (including phenoxy) is 1. The third-order valence-electron chi connectivity index (χ3n) is 4.45. The third-order valence-corrected chi connectivity index (χ3v) is 5.23. The predicted octanol–water partition coefficient (Wildman–Crippen LogP) is 4.74. The molecule has 1 amide bonds. The van der Waals surface area contributed by atoms with Crippen molar-refractivity contribution in [3.05, 3.63) is 63.8 Å². The van der Waals surface area contributed by atoms with Crippen LogP contribution in [-0.4, -0.2) is 24.5 Å². The Morgan fingerprint density at radius 2 is 1.96 bits per heavy atom. The molecule has 5 nitrogen and oxygen atoms in total. The molecule has 2 aromatic carbocycles. The number of hydrogen-bond acceptors (Lipinski definition) is 4. The molecule has 3 rings (SSSR count). The number of aromatic nitrogens is 1. The molecule has 0 unspecified atom stereocenters. The summed E-state index contributed by atoms with van der Waals surface area (Å²) in [6, 6.07) is 13.1. The third kappa shape index (κ3) is 4.22. The van der Waals surface area contributed by atoms with E-state index in [2.05, 4.69) is 4.98 Å². The van der Waals surface area contributed by atoms with Crippen LogP contribution in [0.4, 0.5) is 5.69 Å². The molecule has 1 aromatic heterocycles. The Bertz CT molecular complexity index is 1020. The minimum atomic E-state index is -0.118. The molecule has 0 aliphatic carbocycles. The summed E-state index contributed by atoms with van der Waals surface area (Å²) in [4.78, 5) is 18.2. The molecular weight excluding hydrogens is 397 g/mol. The first kappa shape index (κ1) is 20.4. The molecule has 0 aliphatic heterocycles. The van der Waals surface area contributed by atoms with E-state index in [9.17, 15) is 4.79 Å². The van der Waals surface area contributed by atoms with Gasteiger partial charge in [0.15, 0.2) is 0 Å². The van der Waals surface area contributed by atoms with Crippen LogP contribution in [0.1, 0.15) is 17.7 Å². The van der Waals surface area contributed by atoms with Gasteiger partial charge in [0.1, 0.15) is 17.9 Å². The quantitative estimate of drug-likeness (QED) is 0.628. The van der Waals surface area contributed by atoms with E-state index in [0.717, 1.165) is 16.6 Å². The van der Waals surface area contributed by atoms with Crippen molar-refractivity contribution in [1.29, 1.82) is 0 Å². The van der Waals surface area contributed by atoms with Gasteiger partial charge in [-0.05, 0) is 31.2 Å². The van der Waals surface area contributed by atoms with Gasteiger partial charge < -0.3 is 15.4 Å². The molecule has 0 radical (unpaired) electrons. The maximum atomic E-state index is 12.2. The van der Waals surface area contributed by atoms with Crippen molar-refractivity contribution < 1.29 is 9.53 Å². The minimum Gasteiger partial charge on any atom is -0.487 e. The van der Waals surface area contributed by atoms with Gasteiger partial charge in [-0.1, -0.05) is 41.4 Å². The average molecular weight is 418 g/mol. The molecule has 0 fully saturated rings. The second kappa shape index (κ2) is 8.78. The lowest BCUT2D eigenvalue weighted by molar-refractivity contribution is -0.118. The van der Waals surface area contributed by atoms with Crippen LogP contribution in [0, 0.1) is 6.92 Å². The topological polar surface area (TPSA) is 68.5 Å². The highest BCUT2D eigenvalue weighted by Gasteiger charge is 2.18. The average Bonchev–Trinajstić information content (AvgIpc) is 2.67. The van der Waals surface area contributed by atoms with Gasteiger partial charge >= 0.3 is 0 Å². The number of halogens is 2. The molecule has 0 saturated heterocycles. The molecule has 0 saturated carbocycles. The van der Waals surface area contributed by atoms with E-state index in [4.69, 9.17) is 33.7 Å². The lowest BCUT2D eigenvalue weighted by Gasteiger charge is -2.21. The lowest BCUT2D eigenvalue weighted by Crippen LogP contribution is -2.28. The number of carbonyl (C=O) groups is 1. The van der Waals surface area contributed by atoms with E-state index in [-0.39, 0.29) is 25.5 Å². The second-order valence-corrected chi connectivity index (χ2v) is 7.20. The SMILES string of the molecule is Cc1ccc2cccc(OCc3c(Cl)ccc(N(C)C(=O)CCN)c3Cl)c2n1. The second-order valence-electron chi connectivity index (χ2n) is 6.42. The van der Waals surface area contributed by atoms with Crippen LogP contribution >= 0.6 is 23.2 Å². The number of aryl methyl sites for hydroxylation is 1. The Balaban J connectivity index is 1.90. The fraction of sp³-hybridized carbons (Fsp3) is 0.238. The highest BCUT2D eigenvalue weighted by molar-refractivity contribution is 6.38. The Kier molecular flexibility index (Phi) is 6.39. The minimum absolute atomic E-state index is 0.118. The van der Waals surface area contributed by atoms with Crippen LogP contribution in [-0.2, 0) is 11.4 Å². The number of carbonyl (C=O) groups excluding carboxylic acids is 1. The largest absolute Gasteiger partial charge is 0.487 e. The Hall–Kier alpha value is -2.34. The smallest absolute Gasteiger partial charge is 0.228 e. The number of hydrogen-bond donors (Lipinski definition) is 1. The molecule has 28 heavy (non-hydrogen) atoms. The maximum Gasteiger partial charge on any atom is 0.228 e. The molecule has 0 atom stereocenters. The normalized spacial score (nSPS) is 10.9. The van der Waals surface area contributed by atoms with Crippen molar-refractivity contribution in [3.8, 4) is 5.75 Å². The first-order chi connectivity index (χ1) is 13.4. The van der Waals surface area contributed by atoms with Gasteiger partial charge in [0, 0.05) is 41.7 Å². The summed E-state index contributed by atoms with van der Waals surface area (Å²) >= 11 is 12.9. The Morgan fingerprint density at radius 1 is 1.18 bits per heavy atom. The van der Waals surface area contributed by atoms with Gasteiger partial charge in [0.25, 0.3) is 0 Å². The lowest BCUT2D eigenvalue weighted by atomic mass is 10.1. The van der Waals surface area contributed by atoms with Crippen LogP contribution in [0.25, 0.3) is 10.9 Å². The van der Waals surface area contributed by atoms with Crippen LogP contribution < -0.4 is 15.4 Å². The summed E-state index contributed by atoms with van der Waals surface area (Å²) in [6.45, 7) is 2.36. The first-order valence-electron chi connectivity index (χ1n) is 8.85. The van der Waals surface area contributed by atoms with Crippen molar-refractivity contribution in [2.24, 2.45) is 5.73 Å². The summed E-state index contributed by atoms with van der Waals surface area (Å²) in [5.74, 6) is 0.526. The summed E-state index contributed by atoms with van der Waals surface area (Å²) in [7, 11) is 1.66. The van der Waals surface area contributed by atoms with Gasteiger partial charge in [0.2, 0.25) is 5.91 Å². The van der Waals surface area contributed by atoms with Gasteiger partial charge in [-0.2, -0.15) is 0 Å². The van der Waals surface area contributed by atoms with Crippen molar-refractivity contribution in [3.63, 3.8) is 0 Å². The van der Waals surface area contributed by atoms with Crippen molar-refractivity contribution in [2.75, 3.05) is 18.5 Å². The zero-order valence-corrected chi connectivity index (χ0v) is 17.2. The molecule has 0 bridgehead atoms. The van der Waals surface area contributed by atoms with Gasteiger partial charge in [-0.25, -0.2) is 4.98 Å². The van der Waals surface area contributed by atoms with Crippen LogP contribution in [0.15, 0.2) is 42.5 Å². The number of anilines is 1. The van der Waals surface area contributed by atoms with E-state index in [1.807, 2.05) is 37.3 Å². The van der Waals surface area contributed by atoms with Crippen molar-refractivity contribution >= 4 is 45.7 Å². The summed E-state index contributed by atoms with van der Waals surface area (Å²) in [5, 5.41) is 1.84. The molecule has 2 N–H and O–H groups in total. The number of benzene rings is 2. The highest BCUT2D eigenvalue weighted by atomic mass is 35.5. The number of rotatable bonds is 6. The van der Waals surface area contributed by atoms with Crippen molar-refractivity contribution in [1.82, 2.24) is 4.98 Å². The monoisotopic (exact) mass is 417 g/mol. The number of amides is 1. The van der Waals surface area contributed by atoms with E-state index in [0.29, 0.717) is 27.0 Å². The predicted molar refractivity (Wildman–Crippen MR) is 114 cm³/mol. The summed E-state index contributed by atoms with van der Waals surface area (Å²) in [6.07, 6.45) is 0.238.